The van der Waals surface area contributed by atoms with Crippen LogP contribution in [0.15, 0.2) is 71.3 Å². The Balaban J connectivity index is 1.57. The number of carbonyl (C=O) groups is 1. The monoisotopic (exact) mass is 441 g/mol. The Hall–Kier alpha value is -3.88. The highest BCUT2D eigenvalue weighted by Gasteiger charge is 2.36. The van der Waals surface area contributed by atoms with Crippen molar-refractivity contribution < 1.29 is 27.2 Å². The van der Waals surface area contributed by atoms with Gasteiger partial charge < -0.3 is 14.6 Å². The number of fused-ring (bicyclic) bond motifs is 1. The molecule has 164 valence electrons. The number of hydrogen-bond donors (Lipinski definition) is 1. The number of halogens is 3. The van der Waals surface area contributed by atoms with E-state index in [0.29, 0.717) is 5.56 Å². The standard InChI is InChI=1S/C23H18F3N3O3/c1-14(15-8-4-2-5-9-15)27-18(30)13-31-19-12-17(23(24,25)26)20-21(29-32-22(20)28-19)16-10-6-3-7-11-16/h2-12,14H,13H2,1H3,(H,27,30)/t14-/m0/s1. The van der Waals surface area contributed by atoms with Crippen molar-refractivity contribution in [1.82, 2.24) is 15.5 Å². The van der Waals surface area contributed by atoms with Gasteiger partial charge in [0, 0.05) is 11.6 Å². The van der Waals surface area contributed by atoms with Gasteiger partial charge in [-0.3, -0.25) is 4.79 Å². The molecule has 0 radical (unpaired) electrons. The molecular weight excluding hydrogens is 423 g/mol. The second-order valence-corrected chi connectivity index (χ2v) is 7.07. The summed E-state index contributed by atoms with van der Waals surface area (Å²) in [4.78, 5) is 16.2. The SMILES string of the molecule is C[C@H](NC(=O)COc1cc(C(F)(F)F)c2c(-c3ccccc3)noc2n1)c1ccccc1. The van der Waals surface area contributed by atoms with Crippen LogP contribution in [0.3, 0.4) is 0 Å². The second kappa shape index (κ2) is 8.70. The molecule has 0 saturated heterocycles. The summed E-state index contributed by atoms with van der Waals surface area (Å²) in [6.07, 6.45) is -4.71. The molecule has 0 aliphatic heterocycles. The van der Waals surface area contributed by atoms with Crippen LogP contribution in [-0.2, 0) is 11.0 Å². The smallest absolute Gasteiger partial charge is 0.417 e. The summed E-state index contributed by atoms with van der Waals surface area (Å²) in [7, 11) is 0. The first-order chi connectivity index (χ1) is 15.3. The van der Waals surface area contributed by atoms with E-state index in [1.807, 2.05) is 30.3 Å². The molecule has 32 heavy (non-hydrogen) atoms. The van der Waals surface area contributed by atoms with E-state index in [4.69, 9.17) is 9.26 Å². The lowest BCUT2D eigenvalue weighted by molar-refractivity contribution is -0.136. The van der Waals surface area contributed by atoms with Crippen LogP contribution < -0.4 is 10.1 Å². The maximum absolute atomic E-state index is 13.8. The Labute approximate surface area is 181 Å². The third kappa shape index (κ3) is 4.56. The molecule has 0 aliphatic rings. The van der Waals surface area contributed by atoms with Crippen molar-refractivity contribution in [3.05, 3.63) is 77.9 Å². The quantitative estimate of drug-likeness (QED) is 0.447. The zero-order valence-electron chi connectivity index (χ0n) is 16.9. The fraction of sp³-hybridized carbons (Fsp3) is 0.174. The largest absolute Gasteiger partial charge is 0.467 e. The number of ether oxygens (including phenoxy) is 1. The average Bonchev–Trinajstić information content (AvgIpc) is 3.21. The number of hydrogen-bond acceptors (Lipinski definition) is 5. The molecule has 2 aromatic heterocycles. The molecule has 6 nitrogen and oxygen atoms in total. The maximum atomic E-state index is 13.8. The molecule has 0 fully saturated rings. The Bertz CT molecular complexity index is 1230. The fourth-order valence-electron chi connectivity index (χ4n) is 3.27. The number of alkyl halides is 3. The summed E-state index contributed by atoms with van der Waals surface area (Å²) in [5.41, 5.74) is 0.0418. The summed E-state index contributed by atoms with van der Waals surface area (Å²) in [5, 5.41) is 6.24. The van der Waals surface area contributed by atoms with Crippen LogP contribution in [0.1, 0.15) is 24.1 Å². The molecule has 9 heteroatoms. The van der Waals surface area contributed by atoms with Crippen LogP contribution in [0.2, 0.25) is 0 Å². The number of benzene rings is 2. The normalized spacial score (nSPS) is 12.5. The third-order valence-corrected chi connectivity index (χ3v) is 4.80. The van der Waals surface area contributed by atoms with Crippen molar-refractivity contribution >= 4 is 17.0 Å². The van der Waals surface area contributed by atoms with E-state index in [1.54, 1.807) is 37.3 Å². The van der Waals surface area contributed by atoms with Gasteiger partial charge in [0.2, 0.25) is 5.88 Å². The van der Waals surface area contributed by atoms with Gasteiger partial charge in [0.15, 0.2) is 6.61 Å². The molecule has 0 unspecified atom stereocenters. The highest BCUT2D eigenvalue weighted by Crippen LogP contribution is 2.40. The van der Waals surface area contributed by atoms with E-state index in [2.05, 4.69) is 15.5 Å². The van der Waals surface area contributed by atoms with Crippen molar-refractivity contribution in [3.8, 4) is 17.1 Å². The van der Waals surface area contributed by atoms with Crippen LogP contribution in [0, 0.1) is 0 Å². The highest BCUT2D eigenvalue weighted by molar-refractivity contribution is 5.93. The van der Waals surface area contributed by atoms with Crippen molar-refractivity contribution in [2.75, 3.05) is 6.61 Å². The molecule has 2 heterocycles. The molecule has 0 spiro atoms. The van der Waals surface area contributed by atoms with Crippen molar-refractivity contribution in [2.45, 2.75) is 19.1 Å². The van der Waals surface area contributed by atoms with Gasteiger partial charge in [-0.2, -0.15) is 18.2 Å². The van der Waals surface area contributed by atoms with E-state index < -0.39 is 24.3 Å². The lowest BCUT2D eigenvalue weighted by Gasteiger charge is -2.15. The molecular formula is C23H18F3N3O3. The van der Waals surface area contributed by atoms with Gasteiger partial charge in [0.25, 0.3) is 11.6 Å². The molecule has 0 saturated carbocycles. The minimum atomic E-state index is -4.71. The van der Waals surface area contributed by atoms with Crippen LogP contribution in [0.5, 0.6) is 5.88 Å². The minimum absolute atomic E-state index is 0.0291. The second-order valence-electron chi connectivity index (χ2n) is 7.07. The predicted molar refractivity (Wildman–Crippen MR) is 111 cm³/mol. The topological polar surface area (TPSA) is 77.2 Å². The first-order valence-corrected chi connectivity index (χ1v) is 9.73. The number of nitrogens with one attached hydrogen (secondary N) is 1. The number of rotatable bonds is 6. The van der Waals surface area contributed by atoms with Gasteiger partial charge in [-0.15, -0.1) is 0 Å². The Kier molecular flexibility index (Phi) is 5.81. The van der Waals surface area contributed by atoms with E-state index in [0.717, 1.165) is 11.6 Å². The van der Waals surface area contributed by atoms with E-state index in [-0.39, 0.29) is 28.7 Å². The Morgan fingerprint density at radius 3 is 2.41 bits per heavy atom. The molecule has 0 bridgehead atoms. The lowest BCUT2D eigenvalue weighted by atomic mass is 10.1. The molecule has 4 rings (SSSR count). The number of aromatic nitrogens is 2. The number of nitrogens with zero attached hydrogens (tertiary/aromatic N) is 2. The molecule has 1 atom stereocenters. The van der Waals surface area contributed by atoms with Gasteiger partial charge in [0.1, 0.15) is 5.69 Å². The zero-order valence-corrected chi connectivity index (χ0v) is 16.9. The number of carbonyl (C=O) groups excluding carboxylic acids is 1. The zero-order chi connectivity index (χ0) is 22.7. The van der Waals surface area contributed by atoms with Crippen molar-refractivity contribution in [1.29, 1.82) is 0 Å². The number of amides is 1. The fourth-order valence-corrected chi connectivity index (χ4v) is 3.27. The van der Waals surface area contributed by atoms with Crippen LogP contribution >= 0.6 is 0 Å². The summed E-state index contributed by atoms with van der Waals surface area (Å²) in [6.45, 7) is 1.28. The van der Waals surface area contributed by atoms with Gasteiger partial charge >= 0.3 is 6.18 Å². The van der Waals surface area contributed by atoms with Crippen LogP contribution in [0.25, 0.3) is 22.4 Å². The molecule has 1 N–H and O–H groups in total. The number of pyridine rings is 1. The van der Waals surface area contributed by atoms with Gasteiger partial charge in [0.05, 0.1) is 17.0 Å². The van der Waals surface area contributed by atoms with E-state index >= 15 is 0 Å². The lowest BCUT2D eigenvalue weighted by Crippen LogP contribution is -2.31. The highest BCUT2D eigenvalue weighted by atomic mass is 19.4. The Morgan fingerprint density at radius 1 is 1.09 bits per heavy atom. The minimum Gasteiger partial charge on any atom is -0.467 e. The summed E-state index contributed by atoms with van der Waals surface area (Å²) in [5.74, 6) is -0.887. The van der Waals surface area contributed by atoms with Crippen LogP contribution in [0.4, 0.5) is 13.2 Å². The first-order valence-electron chi connectivity index (χ1n) is 9.73. The molecule has 2 aromatic carbocycles. The third-order valence-electron chi connectivity index (χ3n) is 4.80. The molecule has 4 aromatic rings. The molecule has 0 aliphatic carbocycles. The van der Waals surface area contributed by atoms with Crippen LogP contribution in [-0.4, -0.2) is 22.7 Å². The molecule has 1 amide bonds. The van der Waals surface area contributed by atoms with Gasteiger partial charge in [-0.05, 0) is 12.5 Å². The van der Waals surface area contributed by atoms with E-state index in [1.165, 1.54) is 0 Å². The van der Waals surface area contributed by atoms with Gasteiger partial charge in [-0.25, -0.2) is 0 Å². The van der Waals surface area contributed by atoms with Crippen molar-refractivity contribution in [2.24, 2.45) is 0 Å². The average molecular weight is 441 g/mol. The summed E-state index contributed by atoms with van der Waals surface area (Å²) < 4.78 is 51.7. The maximum Gasteiger partial charge on any atom is 0.417 e. The van der Waals surface area contributed by atoms with E-state index in [9.17, 15) is 18.0 Å². The summed E-state index contributed by atoms with van der Waals surface area (Å²) in [6, 6.07) is 18.1. The first kappa shape index (κ1) is 21.4. The van der Waals surface area contributed by atoms with Crippen molar-refractivity contribution in [3.63, 3.8) is 0 Å². The summed E-state index contributed by atoms with van der Waals surface area (Å²) >= 11 is 0. The predicted octanol–water partition coefficient (Wildman–Crippen LogP) is 5.16. The van der Waals surface area contributed by atoms with Gasteiger partial charge in [-0.1, -0.05) is 65.8 Å². The Morgan fingerprint density at radius 2 is 1.75 bits per heavy atom.